The summed E-state index contributed by atoms with van der Waals surface area (Å²) in [7, 11) is 0. The average molecular weight is 479 g/mol. The minimum atomic E-state index is -0.766. The Morgan fingerprint density at radius 3 is 2.32 bits per heavy atom. The molecule has 1 aromatic heterocycles. The Bertz CT molecular complexity index is 1120. The Morgan fingerprint density at radius 1 is 0.941 bits per heavy atom. The van der Waals surface area contributed by atoms with Gasteiger partial charge in [-0.15, -0.1) is 0 Å². The van der Waals surface area contributed by atoms with Crippen molar-refractivity contribution >= 4 is 23.2 Å². The van der Waals surface area contributed by atoms with Gasteiger partial charge in [0.05, 0.1) is 17.3 Å². The molecular weight excluding hydrogens is 448 g/mol. The Labute approximate surface area is 206 Å². The highest BCUT2D eigenvalue weighted by atomic mass is 35.5. The second-order valence-corrected chi connectivity index (χ2v) is 9.52. The topological polar surface area (TPSA) is 52.0 Å². The number of carbonyl (C=O) groups excluding carboxylic acids is 1. The number of anilines is 1. The highest BCUT2D eigenvalue weighted by Crippen LogP contribution is 2.33. The van der Waals surface area contributed by atoms with Gasteiger partial charge in [-0.1, -0.05) is 36.7 Å². The van der Waals surface area contributed by atoms with E-state index in [1.54, 1.807) is 0 Å². The van der Waals surface area contributed by atoms with Gasteiger partial charge in [-0.2, -0.15) is 0 Å². The van der Waals surface area contributed by atoms with Crippen LogP contribution in [0.2, 0.25) is 5.02 Å². The molecule has 0 saturated carbocycles. The molecule has 2 unspecified atom stereocenters. The van der Waals surface area contributed by atoms with Crippen LogP contribution in [0, 0.1) is 0 Å². The predicted octanol–water partition coefficient (Wildman–Crippen LogP) is 4.22. The van der Waals surface area contributed by atoms with Crippen LogP contribution in [-0.4, -0.2) is 70.7 Å². The number of rotatable bonds is 5. The van der Waals surface area contributed by atoms with Crippen LogP contribution in [0.4, 0.5) is 5.69 Å². The number of aliphatic hydroxyl groups excluding tert-OH is 1. The van der Waals surface area contributed by atoms with E-state index in [-0.39, 0.29) is 11.9 Å². The minimum absolute atomic E-state index is 0.00730. The van der Waals surface area contributed by atoms with E-state index >= 15 is 0 Å². The van der Waals surface area contributed by atoms with Crippen LogP contribution in [0.15, 0.2) is 66.9 Å². The van der Waals surface area contributed by atoms with E-state index < -0.39 is 6.10 Å². The Kier molecular flexibility index (Phi) is 6.63. The maximum Gasteiger partial charge on any atom is 0.255 e. The Balaban J connectivity index is 1.43. The third-order valence-corrected chi connectivity index (χ3v) is 7.25. The average Bonchev–Trinajstić information content (AvgIpc) is 3.28. The van der Waals surface area contributed by atoms with Gasteiger partial charge in [0.15, 0.2) is 0 Å². The molecule has 1 fully saturated rings. The van der Waals surface area contributed by atoms with Crippen LogP contribution in [0.5, 0.6) is 0 Å². The Hall–Kier alpha value is -2.80. The summed E-state index contributed by atoms with van der Waals surface area (Å²) in [5.41, 5.74) is 3.41. The zero-order valence-electron chi connectivity index (χ0n) is 19.5. The van der Waals surface area contributed by atoms with E-state index in [9.17, 15) is 9.90 Å². The molecule has 1 N–H and O–H groups in total. The smallest absolute Gasteiger partial charge is 0.255 e. The zero-order chi connectivity index (χ0) is 23.7. The van der Waals surface area contributed by atoms with Crippen LogP contribution in [-0.2, 0) is 0 Å². The maximum absolute atomic E-state index is 13.5. The number of amides is 1. The lowest BCUT2D eigenvalue weighted by Gasteiger charge is -2.42. The van der Waals surface area contributed by atoms with Crippen molar-refractivity contribution in [2.75, 3.05) is 44.2 Å². The van der Waals surface area contributed by atoms with E-state index in [2.05, 4.69) is 28.9 Å². The normalized spacial score (nSPS) is 21.4. The summed E-state index contributed by atoms with van der Waals surface area (Å²) in [5, 5.41) is 12.5. The second-order valence-electron chi connectivity index (χ2n) is 9.08. The molecule has 34 heavy (non-hydrogen) atoms. The van der Waals surface area contributed by atoms with Gasteiger partial charge in [0.25, 0.3) is 5.91 Å². The van der Waals surface area contributed by atoms with Gasteiger partial charge in [-0.25, -0.2) is 0 Å². The summed E-state index contributed by atoms with van der Waals surface area (Å²) in [4.78, 5) is 20.1. The summed E-state index contributed by atoms with van der Waals surface area (Å²) in [5.74, 6) is 0.00730. The predicted molar refractivity (Wildman–Crippen MR) is 136 cm³/mol. The molecule has 1 saturated heterocycles. The van der Waals surface area contributed by atoms with E-state index in [1.165, 1.54) is 0 Å². The van der Waals surface area contributed by atoms with Crippen molar-refractivity contribution in [3.8, 4) is 5.69 Å². The van der Waals surface area contributed by atoms with Crippen molar-refractivity contribution in [1.82, 2.24) is 14.4 Å². The molecule has 1 amide bonds. The zero-order valence-corrected chi connectivity index (χ0v) is 20.2. The van der Waals surface area contributed by atoms with Crippen LogP contribution < -0.4 is 4.90 Å². The number of hydrogen-bond acceptors (Lipinski definition) is 4. The summed E-state index contributed by atoms with van der Waals surface area (Å²) < 4.78 is 1.98. The quantitative estimate of drug-likeness (QED) is 0.596. The molecule has 2 aliphatic rings. The van der Waals surface area contributed by atoms with Crippen molar-refractivity contribution in [3.63, 3.8) is 0 Å². The first-order valence-corrected chi connectivity index (χ1v) is 12.4. The number of halogens is 1. The summed E-state index contributed by atoms with van der Waals surface area (Å²) >= 11 is 6.06. The first kappa shape index (κ1) is 23.0. The van der Waals surface area contributed by atoms with E-state index in [0.29, 0.717) is 24.3 Å². The number of hydrogen-bond donors (Lipinski definition) is 1. The number of aromatic nitrogens is 1. The summed E-state index contributed by atoms with van der Waals surface area (Å²) in [6, 6.07) is 19.6. The van der Waals surface area contributed by atoms with E-state index in [0.717, 1.165) is 49.0 Å². The third-order valence-electron chi connectivity index (χ3n) is 7.00. The highest BCUT2D eigenvalue weighted by molar-refractivity contribution is 6.30. The number of piperazine rings is 1. The molecule has 178 valence electrons. The number of fused-ring (bicyclic) bond motifs is 1. The van der Waals surface area contributed by atoms with Gasteiger partial charge >= 0.3 is 0 Å². The van der Waals surface area contributed by atoms with Crippen molar-refractivity contribution in [1.29, 1.82) is 0 Å². The van der Waals surface area contributed by atoms with Gasteiger partial charge < -0.3 is 19.5 Å². The fourth-order valence-electron chi connectivity index (χ4n) is 5.24. The van der Waals surface area contributed by atoms with Gasteiger partial charge in [0.1, 0.15) is 6.10 Å². The minimum Gasteiger partial charge on any atom is -0.385 e. The highest BCUT2D eigenvalue weighted by Gasteiger charge is 2.39. The van der Waals surface area contributed by atoms with Crippen molar-refractivity contribution in [3.05, 3.63) is 83.1 Å². The molecule has 0 radical (unpaired) electrons. The van der Waals surface area contributed by atoms with Crippen molar-refractivity contribution < 1.29 is 9.90 Å². The Morgan fingerprint density at radius 2 is 1.65 bits per heavy atom. The van der Waals surface area contributed by atoms with Crippen LogP contribution in [0.25, 0.3) is 5.69 Å². The SMILES string of the molecule is CCCN1CC(N2CCN(c3ccc(Cl)cc3)CC2)C(O)c2c(ccn2-c2ccccc2)C1=O. The van der Waals surface area contributed by atoms with Gasteiger partial charge in [-0.3, -0.25) is 9.69 Å². The molecule has 0 bridgehead atoms. The molecule has 0 aliphatic carbocycles. The van der Waals surface area contributed by atoms with Crippen LogP contribution in [0.3, 0.4) is 0 Å². The molecule has 6 nitrogen and oxygen atoms in total. The summed E-state index contributed by atoms with van der Waals surface area (Å²) in [6.07, 6.45) is 2.03. The standard InChI is InChI=1S/C27H31ClN4O2/c1-2-13-31-19-24(30-17-15-29(16-18-30)21-10-8-20(28)9-11-21)26(33)25-23(27(31)34)12-14-32(25)22-6-4-3-5-7-22/h3-12,14,24,26,33H,2,13,15-19H2,1H3. The molecule has 5 rings (SSSR count). The first-order chi connectivity index (χ1) is 16.6. The number of nitrogens with zero attached hydrogens (tertiary/aromatic N) is 4. The monoisotopic (exact) mass is 478 g/mol. The number of para-hydroxylation sites is 1. The molecular formula is C27H31ClN4O2. The largest absolute Gasteiger partial charge is 0.385 e. The molecule has 2 atom stereocenters. The molecule has 0 spiro atoms. The molecule has 2 aromatic carbocycles. The molecule has 2 aliphatic heterocycles. The fourth-order valence-corrected chi connectivity index (χ4v) is 5.37. The molecule has 7 heteroatoms. The van der Waals surface area contributed by atoms with Gasteiger partial charge in [-0.05, 0) is 48.9 Å². The number of benzene rings is 2. The second kappa shape index (κ2) is 9.82. The van der Waals surface area contributed by atoms with Crippen molar-refractivity contribution in [2.24, 2.45) is 0 Å². The van der Waals surface area contributed by atoms with Crippen LogP contribution in [0.1, 0.15) is 35.5 Å². The summed E-state index contributed by atoms with van der Waals surface area (Å²) in [6.45, 7) is 6.66. The molecule has 3 aromatic rings. The van der Waals surface area contributed by atoms with Gasteiger partial charge in [0, 0.05) is 61.9 Å². The van der Waals surface area contributed by atoms with Crippen molar-refractivity contribution in [2.45, 2.75) is 25.5 Å². The van der Waals surface area contributed by atoms with Gasteiger partial charge in [0.2, 0.25) is 0 Å². The maximum atomic E-state index is 13.5. The molecule has 3 heterocycles. The van der Waals surface area contributed by atoms with E-state index in [4.69, 9.17) is 11.6 Å². The lowest BCUT2D eigenvalue weighted by atomic mass is 10.0. The number of aliphatic hydroxyl groups is 1. The fraction of sp³-hybridized carbons (Fsp3) is 0.370. The lowest BCUT2D eigenvalue weighted by Crippen LogP contribution is -2.55. The lowest BCUT2D eigenvalue weighted by molar-refractivity contribution is 0.0253. The third kappa shape index (κ3) is 4.33. The van der Waals surface area contributed by atoms with Crippen LogP contribution >= 0.6 is 11.6 Å². The first-order valence-electron chi connectivity index (χ1n) is 12.1. The van der Waals surface area contributed by atoms with E-state index in [1.807, 2.05) is 64.2 Å². The number of carbonyl (C=O) groups is 1.